The zero-order valence-corrected chi connectivity index (χ0v) is 19.4. The van der Waals surface area contributed by atoms with Gasteiger partial charge in [0.2, 0.25) is 5.95 Å². The minimum absolute atomic E-state index is 0.183. The topological polar surface area (TPSA) is 69.2 Å². The van der Waals surface area contributed by atoms with Crippen molar-refractivity contribution < 1.29 is 13.2 Å². The maximum absolute atomic E-state index is 13.0. The number of anilines is 2. The average molecular weight is 481 g/mol. The highest BCUT2D eigenvalue weighted by Crippen LogP contribution is 2.31. The van der Waals surface area contributed by atoms with Crippen LogP contribution in [0.2, 0.25) is 0 Å². The van der Waals surface area contributed by atoms with E-state index >= 15 is 0 Å². The second-order valence-electron chi connectivity index (χ2n) is 8.34. The summed E-state index contributed by atoms with van der Waals surface area (Å²) in [7, 11) is 0. The van der Waals surface area contributed by atoms with Gasteiger partial charge in [0.15, 0.2) is 5.82 Å². The number of nitrogens with zero attached hydrogens (tertiary/aromatic N) is 4. The number of halogens is 3. The van der Waals surface area contributed by atoms with E-state index in [0.29, 0.717) is 12.2 Å². The highest BCUT2D eigenvalue weighted by molar-refractivity contribution is 5.81. The lowest BCUT2D eigenvalue weighted by Gasteiger charge is -2.17. The number of allylic oxidation sites excluding steroid dienone is 3. The molecule has 0 radical (unpaired) electrons. The van der Waals surface area contributed by atoms with E-state index in [1.807, 2.05) is 37.3 Å². The third-order valence-electron chi connectivity index (χ3n) is 5.70. The van der Waals surface area contributed by atoms with Crippen LogP contribution in [0.25, 0.3) is 11.4 Å². The van der Waals surface area contributed by atoms with Gasteiger partial charge in [0.05, 0.1) is 5.56 Å². The van der Waals surface area contributed by atoms with Crippen molar-refractivity contribution in [2.45, 2.75) is 32.4 Å². The number of hydrogen-bond donors (Lipinski definition) is 2. The van der Waals surface area contributed by atoms with Crippen LogP contribution < -0.4 is 5.32 Å². The molecule has 4 rings (SSSR count). The Hall–Kier alpha value is -3.88. The summed E-state index contributed by atoms with van der Waals surface area (Å²) >= 11 is 0. The summed E-state index contributed by atoms with van der Waals surface area (Å²) in [5, 5.41) is 9.78. The molecule has 3 aromatic rings. The fraction of sp³-hybridized carbons (Fsp3) is 0.269. The number of amidine groups is 1. The number of benzene rings is 2. The minimum atomic E-state index is -4.42. The molecule has 0 spiro atoms. The van der Waals surface area contributed by atoms with Crippen LogP contribution in [0.15, 0.2) is 78.0 Å². The van der Waals surface area contributed by atoms with Gasteiger partial charge in [-0.3, -0.25) is 5.10 Å². The Morgan fingerprint density at radius 3 is 2.69 bits per heavy atom. The van der Waals surface area contributed by atoms with Crippen molar-refractivity contribution in [1.29, 1.82) is 0 Å². The van der Waals surface area contributed by atoms with Crippen molar-refractivity contribution in [1.82, 2.24) is 20.1 Å². The number of likely N-dealkylation sites (tertiary alicyclic amines) is 1. The van der Waals surface area contributed by atoms with E-state index in [2.05, 4.69) is 32.0 Å². The Morgan fingerprint density at radius 2 is 1.94 bits per heavy atom. The van der Waals surface area contributed by atoms with Crippen LogP contribution in [-0.2, 0) is 12.6 Å². The summed E-state index contributed by atoms with van der Waals surface area (Å²) < 4.78 is 38.9. The molecule has 2 aromatic carbocycles. The van der Waals surface area contributed by atoms with Crippen LogP contribution in [0.4, 0.5) is 24.8 Å². The second-order valence-corrected chi connectivity index (χ2v) is 8.34. The number of nitrogens with one attached hydrogen (secondary N) is 2. The Balaban J connectivity index is 1.49. The average Bonchev–Trinajstić information content (AvgIpc) is 3.52. The lowest BCUT2D eigenvalue weighted by molar-refractivity contribution is -0.137. The molecule has 35 heavy (non-hydrogen) atoms. The largest absolute Gasteiger partial charge is 0.416 e. The highest BCUT2D eigenvalue weighted by atomic mass is 19.4. The quantitative estimate of drug-likeness (QED) is 0.235. The predicted octanol–water partition coefficient (Wildman–Crippen LogP) is 6.36. The van der Waals surface area contributed by atoms with Gasteiger partial charge in [-0.25, -0.2) is 4.99 Å². The number of hydrogen-bond acceptors (Lipinski definition) is 4. The van der Waals surface area contributed by atoms with Crippen LogP contribution in [0.3, 0.4) is 0 Å². The van der Waals surface area contributed by atoms with Crippen LogP contribution in [0, 0.1) is 0 Å². The van der Waals surface area contributed by atoms with Crippen molar-refractivity contribution in [3.8, 4) is 11.4 Å². The maximum atomic E-state index is 13.0. The highest BCUT2D eigenvalue weighted by Gasteiger charge is 2.30. The van der Waals surface area contributed by atoms with Crippen molar-refractivity contribution >= 4 is 17.5 Å². The van der Waals surface area contributed by atoms with Crippen molar-refractivity contribution in [3.05, 3.63) is 84.1 Å². The van der Waals surface area contributed by atoms with E-state index in [-0.39, 0.29) is 11.6 Å². The Labute approximate surface area is 202 Å². The molecule has 0 atom stereocenters. The van der Waals surface area contributed by atoms with Gasteiger partial charge in [0.1, 0.15) is 5.84 Å². The number of aromatic amines is 1. The molecule has 6 nitrogen and oxygen atoms in total. The lowest BCUT2D eigenvalue weighted by atomic mass is 10.1. The Kier molecular flexibility index (Phi) is 7.33. The summed E-state index contributed by atoms with van der Waals surface area (Å²) in [6.45, 7) is 7.92. The van der Waals surface area contributed by atoms with Crippen LogP contribution in [0.1, 0.15) is 30.9 Å². The lowest BCUT2D eigenvalue weighted by Crippen LogP contribution is -2.25. The molecule has 0 bridgehead atoms. The third kappa shape index (κ3) is 6.38. The first-order valence-corrected chi connectivity index (χ1v) is 11.4. The Morgan fingerprint density at radius 1 is 1.17 bits per heavy atom. The van der Waals surface area contributed by atoms with Crippen molar-refractivity contribution in [3.63, 3.8) is 0 Å². The van der Waals surface area contributed by atoms with Crippen LogP contribution in [0.5, 0.6) is 0 Å². The fourth-order valence-electron chi connectivity index (χ4n) is 3.98. The first-order valence-electron chi connectivity index (χ1n) is 11.4. The molecular formula is C26H27F3N6. The molecular weight excluding hydrogens is 453 g/mol. The van der Waals surface area contributed by atoms with Crippen LogP contribution in [-0.4, -0.2) is 39.0 Å². The maximum Gasteiger partial charge on any atom is 0.416 e. The van der Waals surface area contributed by atoms with Gasteiger partial charge in [-0.15, -0.1) is 5.10 Å². The first-order chi connectivity index (χ1) is 16.8. The molecule has 1 saturated heterocycles. The molecule has 1 aliphatic rings. The van der Waals surface area contributed by atoms with Crippen molar-refractivity contribution in [2.75, 3.05) is 18.4 Å². The molecule has 9 heteroatoms. The second kappa shape index (κ2) is 10.6. The van der Waals surface area contributed by atoms with Gasteiger partial charge in [0.25, 0.3) is 0 Å². The Bertz CT molecular complexity index is 1240. The van der Waals surface area contributed by atoms with Gasteiger partial charge in [-0.1, -0.05) is 36.9 Å². The summed E-state index contributed by atoms with van der Waals surface area (Å²) in [6, 6.07) is 12.7. The zero-order valence-electron chi connectivity index (χ0n) is 19.4. The number of rotatable bonds is 7. The zero-order chi connectivity index (χ0) is 24.8. The molecule has 1 aromatic heterocycles. The molecule has 2 heterocycles. The van der Waals surface area contributed by atoms with Gasteiger partial charge in [-0.05, 0) is 55.7 Å². The number of alkyl halides is 3. The molecule has 1 aliphatic heterocycles. The van der Waals surface area contributed by atoms with E-state index in [9.17, 15) is 13.2 Å². The van der Waals surface area contributed by atoms with Gasteiger partial charge < -0.3 is 10.2 Å². The van der Waals surface area contributed by atoms with Gasteiger partial charge in [0, 0.05) is 36.5 Å². The molecule has 0 saturated carbocycles. The molecule has 0 aliphatic carbocycles. The van der Waals surface area contributed by atoms with Gasteiger partial charge >= 0.3 is 6.18 Å². The minimum Gasteiger partial charge on any atom is -0.360 e. The summed E-state index contributed by atoms with van der Waals surface area (Å²) in [5.41, 5.74) is 2.27. The molecule has 1 fully saturated rings. The number of aliphatic imine (C=N–C) groups is 1. The normalized spacial score (nSPS) is 14.9. The molecule has 0 amide bonds. The SMILES string of the molecule is C=C/C=C(/Cc1cccc(-c2nc(Nc3cccc(C(F)(F)F)c3)n[nH]2)c1)N=C(C)N1CCCC1. The van der Waals surface area contributed by atoms with Gasteiger partial charge in [-0.2, -0.15) is 18.2 Å². The molecule has 2 N–H and O–H groups in total. The fourth-order valence-corrected chi connectivity index (χ4v) is 3.98. The third-order valence-corrected chi connectivity index (χ3v) is 5.70. The van der Waals surface area contributed by atoms with E-state index in [0.717, 1.165) is 47.9 Å². The number of H-pyrrole nitrogens is 1. The van der Waals surface area contributed by atoms with Crippen molar-refractivity contribution in [2.24, 2.45) is 4.99 Å². The first kappa shape index (κ1) is 24.3. The van der Waals surface area contributed by atoms with E-state index in [1.165, 1.54) is 25.0 Å². The summed E-state index contributed by atoms with van der Waals surface area (Å²) in [6.07, 6.45) is 2.24. The van der Waals surface area contributed by atoms with E-state index < -0.39 is 11.7 Å². The standard InChI is InChI=1S/C26H27F3N6/c1-3-8-22(30-18(2)35-13-4-5-14-35)16-19-9-6-10-20(15-19)24-32-25(34-33-24)31-23-12-7-11-21(17-23)26(27,28)29/h3,6-12,15,17H,1,4-5,13-14,16H2,2H3,(H2,31,32,33,34)/b22-8-,30-18?. The molecule has 0 unspecified atom stereocenters. The number of aromatic nitrogens is 3. The summed E-state index contributed by atoms with van der Waals surface area (Å²) in [5.74, 6) is 1.70. The van der Waals surface area contributed by atoms with E-state index in [4.69, 9.17) is 4.99 Å². The summed E-state index contributed by atoms with van der Waals surface area (Å²) in [4.78, 5) is 11.5. The smallest absolute Gasteiger partial charge is 0.360 e. The predicted molar refractivity (Wildman–Crippen MR) is 132 cm³/mol. The van der Waals surface area contributed by atoms with Crippen LogP contribution >= 0.6 is 0 Å². The monoisotopic (exact) mass is 480 g/mol. The molecule has 182 valence electrons. The van der Waals surface area contributed by atoms with E-state index in [1.54, 1.807) is 6.08 Å².